The molecule has 28 heavy (non-hydrogen) atoms. The second-order valence-corrected chi connectivity index (χ2v) is 7.56. The van der Waals surface area contributed by atoms with Crippen molar-refractivity contribution in [3.63, 3.8) is 0 Å². The second kappa shape index (κ2) is 8.42. The minimum absolute atomic E-state index is 0.0173. The number of hydrogen-bond donors (Lipinski definition) is 1. The SMILES string of the molecule is O=C(NC1CC1)c1ccc(OCC2CCCN(C(=O)c3ccccn3)C2)cc1. The maximum absolute atomic E-state index is 12.6. The molecule has 6 heteroatoms. The summed E-state index contributed by atoms with van der Waals surface area (Å²) in [5, 5.41) is 2.98. The fourth-order valence-corrected chi connectivity index (χ4v) is 3.45. The number of pyridine rings is 1. The standard InChI is InChI=1S/C22H25N3O3/c26-21(24-18-8-9-18)17-6-10-19(11-7-17)28-15-16-4-3-13-25(14-16)22(27)20-5-1-2-12-23-20/h1-2,5-7,10-12,16,18H,3-4,8-9,13-15H2,(H,24,26). The average molecular weight is 379 g/mol. The van der Waals surface area contributed by atoms with Crippen LogP contribution in [0, 0.1) is 5.92 Å². The van der Waals surface area contributed by atoms with Gasteiger partial charge in [0.05, 0.1) is 6.61 Å². The minimum atomic E-state index is -0.0231. The van der Waals surface area contributed by atoms with Crippen LogP contribution in [0.4, 0.5) is 0 Å². The molecule has 2 heterocycles. The Balaban J connectivity index is 1.28. The van der Waals surface area contributed by atoms with Gasteiger partial charge in [-0.05, 0) is 62.1 Å². The van der Waals surface area contributed by atoms with Gasteiger partial charge in [0.15, 0.2) is 0 Å². The highest BCUT2D eigenvalue weighted by atomic mass is 16.5. The van der Waals surface area contributed by atoms with Crippen LogP contribution in [0.5, 0.6) is 5.75 Å². The first-order chi connectivity index (χ1) is 13.7. The summed E-state index contributed by atoms with van der Waals surface area (Å²) in [5.74, 6) is 0.997. The maximum atomic E-state index is 12.6. The van der Waals surface area contributed by atoms with Crippen LogP contribution in [0.2, 0.25) is 0 Å². The van der Waals surface area contributed by atoms with E-state index in [-0.39, 0.29) is 11.8 Å². The zero-order chi connectivity index (χ0) is 19.3. The Morgan fingerprint density at radius 2 is 1.93 bits per heavy atom. The van der Waals surface area contributed by atoms with E-state index < -0.39 is 0 Å². The van der Waals surface area contributed by atoms with Crippen molar-refractivity contribution in [1.29, 1.82) is 0 Å². The number of nitrogens with zero attached hydrogens (tertiary/aromatic N) is 2. The Labute approximate surface area is 164 Å². The van der Waals surface area contributed by atoms with Gasteiger partial charge in [-0.3, -0.25) is 14.6 Å². The third kappa shape index (κ3) is 4.68. The van der Waals surface area contributed by atoms with Gasteiger partial charge < -0.3 is 15.0 Å². The molecule has 1 aromatic heterocycles. The van der Waals surface area contributed by atoms with Gasteiger partial charge in [-0.25, -0.2) is 0 Å². The first kappa shape index (κ1) is 18.5. The normalized spacial score (nSPS) is 19.1. The summed E-state index contributed by atoms with van der Waals surface area (Å²) < 4.78 is 5.92. The van der Waals surface area contributed by atoms with Crippen molar-refractivity contribution in [2.45, 2.75) is 31.7 Å². The highest BCUT2D eigenvalue weighted by Gasteiger charge is 2.26. The van der Waals surface area contributed by atoms with Crippen LogP contribution in [0.15, 0.2) is 48.7 Å². The molecule has 2 fully saturated rings. The molecular formula is C22H25N3O3. The third-order valence-electron chi connectivity index (χ3n) is 5.20. The highest BCUT2D eigenvalue weighted by molar-refractivity contribution is 5.94. The van der Waals surface area contributed by atoms with Gasteiger partial charge in [-0.15, -0.1) is 0 Å². The van der Waals surface area contributed by atoms with E-state index in [1.165, 1.54) is 0 Å². The van der Waals surface area contributed by atoms with Crippen molar-refractivity contribution in [2.24, 2.45) is 5.92 Å². The van der Waals surface area contributed by atoms with Crippen LogP contribution in [0.3, 0.4) is 0 Å². The second-order valence-electron chi connectivity index (χ2n) is 7.56. The summed E-state index contributed by atoms with van der Waals surface area (Å²) in [4.78, 5) is 30.6. The van der Waals surface area contributed by atoms with E-state index in [0.717, 1.165) is 38.0 Å². The van der Waals surface area contributed by atoms with Crippen LogP contribution in [0.25, 0.3) is 0 Å². The zero-order valence-corrected chi connectivity index (χ0v) is 15.8. The summed E-state index contributed by atoms with van der Waals surface area (Å²) in [6, 6.07) is 13.0. The Hall–Kier alpha value is -2.89. The molecule has 1 aliphatic carbocycles. The van der Waals surface area contributed by atoms with Crippen molar-refractivity contribution in [3.05, 3.63) is 59.9 Å². The van der Waals surface area contributed by atoms with Crippen LogP contribution in [-0.2, 0) is 0 Å². The first-order valence-corrected chi connectivity index (χ1v) is 9.93. The molecule has 2 aromatic rings. The molecule has 0 spiro atoms. The molecule has 0 radical (unpaired) electrons. The van der Waals surface area contributed by atoms with Gasteiger partial charge in [0.1, 0.15) is 11.4 Å². The molecule has 1 saturated heterocycles. The Kier molecular flexibility index (Phi) is 5.55. The number of nitrogens with one attached hydrogen (secondary N) is 1. The lowest BCUT2D eigenvalue weighted by molar-refractivity contribution is 0.0627. The van der Waals surface area contributed by atoms with E-state index in [2.05, 4.69) is 10.3 Å². The first-order valence-electron chi connectivity index (χ1n) is 9.93. The minimum Gasteiger partial charge on any atom is -0.493 e. The van der Waals surface area contributed by atoms with E-state index in [4.69, 9.17) is 4.74 Å². The summed E-state index contributed by atoms with van der Waals surface area (Å²) >= 11 is 0. The van der Waals surface area contributed by atoms with E-state index in [1.54, 1.807) is 24.4 Å². The predicted molar refractivity (Wildman–Crippen MR) is 105 cm³/mol. The summed E-state index contributed by atoms with van der Waals surface area (Å²) in [7, 11) is 0. The molecule has 2 amide bonds. The third-order valence-corrected chi connectivity index (χ3v) is 5.20. The van der Waals surface area contributed by atoms with Crippen LogP contribution in [-0.4, -0.2) is 47.4 Å². The lowest BCUT2D eigenvalue weighted by Crippen LogP contribution is -2.41. The number of aromatic nitrogens is 1. The number of amides is 2. The molecule has 1 unspecified atom stereocenters. The Morgan fingerprint density at radius 1 is 1.11 bits per heavy atom. The average Bonchev–Trinajstić information content (AvgIpc) is 3.57. The predicted octanol–water partition coefficient (Wildman–Crippen LogP) is 2.91. The number of hydrogen-bond acceptors (Lipinski definition) is 4. The molecule has 6 nitrogen and oxygen atoms in total. The molecular weight excluding hydrogens is 354 g/mol. The molecule has 2 aliphatic rings. The lowest BCUT2D eigenvalue weighted by Gasteiger charge is -2.32. The Morgan fingerprint density at radius 3 is 2.64 bits per heavy atom. The van der Waals surface area contributed by atoms with Crippen molar-refractivity contribution in [2.75, 3.05) is 19.7 Å². The number of carbonyl (C=O) groups excluding carboxylic acids is 2. The molecule has 146 valence electrons. The van der Waals surface area contributed by atoms with E-state index in [1.807, 2.05) is 29.2 Å². The van der Waals surface area contributed by atoms with Gasteiger partial charge in [0.25, 0.3) is 11.8 Å². The summed E-state index contributed by atoms with van der Waals surface area (Å²) in [5.41, 5.74) is 1.15. The number of likely N-dealkylation sites (tertiary alicyclic amines) is 1. The summed E-state index contributed by atoms with van der Waals surface area (Å²) in [6.07, 6.45) is 5.80. The van der Waals surface area contributed by atoms with Gasteiger partial charge in [-0.2, -0.15) is 0 Å². The molecule has 1 saturated carbocycles. The molecule has 0 bridgehead atoms. The quantitative estimate of drug-likeness (QED) is 0.838. The largest absolute Gasteiger partial charge is 0.493 e. The highest BCUT2D eigenvalue weighted by Crippen LogP contribution is 2.22. The van der Waals surface area contributed by atoms with Gasteiger partial charge >= 0.3 is 0 Å². The van der Waals surface area contributed by atoms with Crippen LogP contribution < -0.4 is 10.1 Å². The lowest BCUT2D eigenvalue weighted by atomic mass is 9.98. The smallest absolute Gasteiger partial charge is 0.272 e. The van der Waals surface area contributed by atoms with E-state index in [9.17, 15) is 9.59 Å². The van der Waals surface area contributed by atoms with Crippen LogP contribution in [0.1, 0.15) is 46.5 Å². The number of piperidine rings is 1. The van der Waals surface area contributed by atoms with Crippen molar-refractivity contribution in [1.82, 2.24) is 15.2 Å². The van der Waals surface area contributed by atoms with Crippen molar-refractivity contribution < 1.29 is 14.3 Å². The topological polar surface area (TPSA) is 71.5 Å². The van der Waals surface area contributed by atoms with Crippen molar-refractivity contribution >= 4 is 11.8 Å². The van der Waals surface area contributed by atoms with Crippen molar-refractivity contribution in [3.8, 4) is 5.75 Å². The van der Waals surface area contributed by atoms with E-state index in [0.29, 0.717) is 36.4 Å². The molecule has 1 aliphatic heterocycles. The van der Waals surface area contributed by atoms with Gasteiger partial charge in [0, 0.05) is 36.8 Å². The molecule has 1 atom stereocenters. The zero-order valence-electron chi connectivity index (χ0n) is 15.8. The molecule has 1 aromatic carbocycles. The maximum Gasteiger partial charge on any atom is 0.272 e. The number of benzene rings is 1. The number of rotatable bonds is 6. The van der Waals surface area contributed by atoms with Gasteiger partial charge in [0.2, 0.25) is 0 Å². The monoisotopic (exact) mass is 379 g/mol. The summed E-state index contributed by atoms with van der Waals surface area (Å²) in [6.45, 7) is 1.99. The van der Waals surface area contributed by atoms with Gasteiger partial charge in [-0.1, -0.05) is 6.07 Å². The fourth-order valence-electron chi connectivity index (χ4n) is 3.45. The molecule has 1 N–H and O–H groups in total. The Bertz CT molecular complexity index is 819. The molecule has 4 rings (SSSR count). The number of ether oxygens (including phenoxy) is 1. The fraction of sp³-hybridized carbons (Fsp3) is 0.409. The van der Waals surface area contributed by atoms with E-state index >= 15 is 0 Å². The number of carbonyl (C=O) groups is 2. The van der Waals surface area contributed by atoms with Crippen LogP contribution >= 0.6 is 0 Å².